The van der Waals surface area contributed by atoms with Gasteiger partial charge in [-0.2, -0.15) is 0 Å². The van der Waals surface area contributed by atoms with Crippen LogP contribution in [0.2, 0.25) is 0 Å². The number of benzene rings is 1. The first kappa shape index (κ1) is 13.5. The van der Waals surface area contributed by atoms with Crippen molar-refractivity contribution in [3.63, 3.8) is 0 Å². The van der Waals surface area contributed by atoms with Crippen molar-refractivity contribution < 1.29 is 14.3 Å². The van der Waals surface area contributed by atoms with Crippen LogP contribution in [-0.2, 0) is 9.53 Å². The summed E-state index contributed by atoms with van der Waals surface area (Å²) in [6, 6.07) is 4.10. The van der Waals surface area contributed by atoms with Crippen LogP contribution in [0.4, 0.5) is 5.69 Å². The van der Waals surface area contributed by atoms with Gasteiger partial charge < -0.3 is 15.8 Å². The average molecular weight is 301 g/mol. The molecule has 1 atom stereocenters. The Hall–Kier alpha value is -1.56. The number of anilines is 1. The Bertz CT molecular complexity index is 448. The number of hydrogen-bond donors (Lipinski definition) is 2. The lowest BCUT2D eigenvalue weighted by Crippen LogP contribution is -2.39. The van der Waals surface area contributed by atoms with E-state index in [9.17, 15) is 9.59 Å². The molecule has 0 aliphatic heterocycles. The highest BCUT2D eigenvalue weighted by Gasteiger charge is 2.17. The number of ether oxygens (including phenoxy) is 1. The topological polar surface area (TPSA) is 81.4 Å². The Balaban J connectivity index is 2.76. The Morgan fingerprint density at radius 1 is 1.47 bits per heavy atom. The van der Waals surface area contributed by atoms with Crippen LogP contribution in [0.5, 0.6) is 0 Å². The lowest BCUT2D eigenvalue weighted by molar-refractivity contribution is -0.142. The van der Waals surface area contributed by atoms with Gasteiger partial charge in [-0.15, -0.1) is 0 Å². The molecule has 0 spiro atoms. The van der Waals surface area contributed by atoms with E-state index >= 15 is 0 Å². The SMILES string of the molecule is COC(=O)[C@H](C)NC(=O)c1ccc(N)c(Br)c1. The van der Waals surface area contributed by atoms with Crippen LogP contribution in [0.3, 0.4) is 0 Å². The summed E-state index contributed by atoms with van der Waals surface area (Å²) < 4.78 is 5.14. The standard InChI is InChI=1S/C11H13BrN2O3/c1-6(11(16)17-2)14-10(15)7-3-4-9(13)8(12)5-7/h3-6H,13H2,1-2H3,(H,14,15)/t6-/m0/s1. The van der Waals surface area contributed by atoms with E-state index in [1.165, 1.54) is 7.11 Å². The van der Waals surface area contributed by atoms with Gasteiger partial charge in [0.2, 0.25) is 0 Å². The smallest absolute Gasteiger partial charge is 0.328 e. The van der Waals surface area contributed by atoms with E-state index < -0.39 is 12.0 Å². The molecule has 1 amide bonds. The molecule has 0 saturated heterocycles. The van der Waals surface area contributed by atoms with Crippen molar-refractivity contribution in [2.24, 2.45) is 0 Å². The van der Waals surface area contributed by atoms with Crippen LogP contribution in [0.1, 0.15) is 17.3 Å². The van der Waals surface area contributed by atoms with Crippen molar-refractivity contribution in [2.75, 3.05) is 12.8 Å². The van der Waals surface area contributed by atoms with Gasteiger partial charge in [-0.3, -0.25) is 4.79 Å². The first-order valence-electron chi connectivity index (χ1n) is 4.89. The number of nitrogens with one attached hydrogen (secondary N) is 1. The second-order valence-corrected chi connectivity index (χ2v) is 4.31. The van der Waals surface area contributed by atoms with Crippen molar-refractivity contribution in [1.29, 1.82) is 0 Å². The molecule has 0 aliphatic rings. The van der Waals surface area contributed by atoms with Gasteiger partial charge in [-0.25, -0.2) is 4.79 Å². The summed E-state index contributed by atoms with van der Waals surface area (Å²) in [7, 11) is 1.27. The van der Waals surface area contributed by atoms with E-state index in [0.717, 1.165) is 0 Å². The third-order valence-electron chi connectivity index (χ3n) is 2.16. The number of rotatable bonds is 3. The number of esters is 1. The first-order valence-corrected chi connectivity index (χ1v) is 5.68. The number of hydrogen-bond acceptors (Lipinski definition) is 4. The van der Waals surface area contributed by atoms with Crippen LogP contribution < -0.4 is 11.1 Å². The van der Waals surface area contributed by atoms with Gasteiger partial charge in [0.05, 0.1) is 7.11 Å². The molecule has 3 N–H and O–H groups in total. The molecule has 0 aliphatic carbocycles. The summed E-state index contributed by atoms with van der Waals surface area (Å²) in [5.41, 5.74) is 6.57. The molecule has 0 aromatic heterocycles. The van der Waals surface area contributed by atoms with Crippen molar-refractivity contribution >= 4 is 33.5 Å². The monoisotopic (exact) mass is 300 g/mol. The van der Waals surface area contributed by atoms with Crippen molar-refractivity contribution in [1.82, 2.24) is 5.32 Å². The highest BCUT2D eigenvalue weighted by Crippen LogP contribution is 2.20. The maximum absolute atomic E-state index is 11.8. The summed E-state index contributed by atoms with van der Waals surface area (Å²) >= 11 is 3.23. The van der Waals surface area contributed by atoms with Crippen molar-refractivity contribution in [2.45, 2.75) is 13.0 Å². The van der Waals surface area contributed by atoms with E-state index in [2.05, 4.69) is 26.0 Å². The zero-order chi connectivity index (χ0) is 13.0. The minimum Gasteiger partial charge on any atom is -0.467 e. The van der Waals surface area contributed by atoms with E-state index in [1.807, 2.05) is 0 Å². The lowest BCUT2D eigenvalue weighted by Gasteiger charge is -2.11. The third-order valence-corrected chi connectivity index (χ3v) is 2.85. The Morgan fingerprint density at radius 3 is 2.65 bits per heavy atom. The van der Waals surface area contributed by atoms with E-state index in [1.54, 1.807) is 25.1 Å². The molecule has 0 fully saturated rings. The van der Waals surface area contributed by atoms with Gasteiger partial charge in [0.25, 0.3) is 5.91 Å². The summed E-state index contributed by atoms with van der Waals surface area (Å²) in [6.45, 7) is 1.55. The number of halogens is 1. The first-order chi connectivity index (χ1) is 7.95. The summed E-state index contributed by atoms with van der Waals surface area (Å²) in [4.78, 5) is 22.9. The lowest BCUT2D eigenvalue weighted by atomic mass is 10.2. The zero-order valence-electron chi connectivity index (χ0n) is 9.49. The maximum Gasteiger partial charge on any atom is 0.328 e. The summed E-state index contributed by atoms with van der Waals surface area (Å²) in [6.07, 6.45) is 0. The van der Waals surface area contributed by atoms with E-state index in [4.69, 9.17) is 5.73 Å². The van der Waals surface area contributed by atoms with Crippen LogP contribution in [0.25, 0.3) is 0 Å². The molecule has 1 rings (SSSR count). The summed E-state index contributed by atoms with van der Waals surface area (Å²) in [5.74, 6) is -0.850. The Morgan fingerprint density at radius 2 is 2.12 bits per heavy atom. The molecule has 1 aromatic carbocycles. The Labute approximate surface area is 107 Å². The van der Waals surface area contributed by atoms with Crippen LogP contribution in [0, 0.1) is 0 Å². The molecule has 17 heavy (non-hydrogen) atoms. The maximum atomic E-state index is 11.8. The predicted molar refractivity (Wildman–Crippen MR) is 67.5 cm³/mol. The third kappa shape index (κ3) is 3.45. The number of methoxy groups -OCH3 is 1. The van der Waals surface area contributed by atoms with E-state index in [-0.39, 0.29) is 5.91 Å². The van der Waals surface area contributed by atoms with Crippen molar-refractivity contribution in [3.05, 3.63) is 28.2 Å². The van der Waals surface area contributed by atoms with Gasteiger partial charge in [-0.05, 0) is 41.1 Å². The predicted octanol–water partition coefficient (Wildman–Crippen LogP) is 1.32. The second kappa shape index (κ2) is 5.67. The number of nitrogens with two attached hydrogens (primary N) is 1. The van der Waals surface area contributed by atoms with Crippen LogP contribution >= 0.6 is 15.9 Å². The van der Waals surface area contributed by atoms with Gasteiger partial charge in [0.1, 0.15) is 6.04 Å². The molecular formula is C11H13BrN2O3. The molecule has 6 heteroatoms. The minimum atomic E-state index is -0.691. The van der Waals surface area contributed by atoms with Gasteiger partial charge >= 0.3 is 5.97 Å². The highest BCUT2D eigenvalue weighted by molar-refractivity contribution is 9.10. The number of nitrogen functional groups attached to an aromatic ring is 1. The molecule has 0 heterocycles. The highest BCUT2D eigenvalue weighted by atomic mass is 79.9. The minimum absolute atomic E-state index is 0.358. The average Bonchev–Trinajstić information content (AvgIpc) is 2.31. The van der Waals surface area contributed by atoms with Crippen LogP contribution in [0.15, 0.2) is 22.7 Å². The molecule has 0 bridgehead atoms. The molecule has 0 unspecified atom stereocenters. The number of amides is 1. The molecule has 1 aromatic rings. The van der Waals surface area contributed by atoms with Gasteiger partial charge in [-0.1, -0.05) is 0 Å². The molecule has 92 valence electrons. The normalized spacial score (nSPS) is 11.7. The fourth-order valence-electron chi connectivity index (χ4n) is 1.18. The van der Waals surface area contributed by atoms with Gasteiger partial charge in [0, 0.05) is 15.7 Å². The second-order valence-electron chi connectivity index (χ2n) is 3.45. The fourth-order valence-corrected chi connectivity index (χ4v) is 1.56. The molecular weight excluding hydrogens is 288 g/mol. The Kier molecular flexibility index (Phi) is 4.51. The molecule has 0 radical (unpaired) electrons. The fraction of sp³-hybridized carbons (Fsp3) is 0.273. The molecule has 0 saturated carbocycles. The number of carbonyl (C=O) groups excluding carboxylic acids is 2. The number of carbonyl (C=O) groups is 2. The molecule has 5 nitrogen and oxygen atoms in total. The quantitative estimate of drug-likeness (QED) is 0.652. The largest absolute Gasteiger partial charge is 0.467 e. The van der Waals surface area contributed by atoms with Gasteiger partial charge in [0.15, 0.2) is 0 Å². The van der Waals surface area contributed by atoms with Crippen LogP contribution in [-0.4, -0.2) is 25.0 Å². The zero-order valence-corrected chi connectivity index (χ0v) is 11.1. The summed E-state index contributed by atoms with van der Waals surface area (Å²) in [5, 5.41) is 2.52. The van der Waals surface area contributed by atoms with E-state index in [0.29, 0.717) is 15.7 Å². The van der Waals surface area contributed by atoms with Crippen molar-refractivity contribution in [3.8, 4) is 0 Å².